The van der Waals surface area contributed by atoms with Crippen LogP contribution in [0.2, 0.25) is 0 Å². The zero-order valence-electron chi connectivity index (χ0n) is 17.7. The average molecular weight is 421 g/mol. The van der Waals surface area contributed by atoms with Crippen molar-refractivity contribution < 1.29 is 14.1 Å². The van der Waals surface area contributed by atoms with Crippen LogP contribution in [0.1, 0.15) is 60.2 Å². The summed E-state index contributed by atoms with van der Waals surface area (Å²) in [6.07, 6.45) is 5.78. The lowest BCUT2D eigenvalue weighted by molar-refractivity contribution is 0.0662. The van der Waals surface area contributed by atoms with E-state index in [1.165, 1.54) is 0 Å². The van der Waals surface area contributed by atoms with Crippen LogP contribution in [0.4, 0.5) is 0 Å². The van der Waals surface area contributed by atoms with Gasteiger partial charge < -0.3 is 14.2 Å². The van der Waals surface area contributed by atoms with E-state index in [0.29, 0.717) is 17.5 Å². The lowest BCUT2D eigenvalue weighted by atomic mass is 9.93. The number of ether oxygens (including phenoxy) is 1. The molecule has 31 heavy (non-hydrogen) atoms. The smallest absolute Gasteiger partial charge is 0.272 e. The molecule has 4 heterocycles. The molecule has 7 heteroatoms. The lowest BCUT2D eigenvalue weighted by Crippen LogP contribution is -2.40. The number of carbonyl (C=O) groups excluding carboxylic acids is 1. The highest BCUT2D eigenvalue weighted by Crippen LogP contribution is 2.27. The van der Waals surface area contributed by atoms with Crippen LogP contribution in [0.25, 0.3) is 10.9 Å². The molecule has 2 aliphatic rings. The number of likely N-dealkylation sites (tertiary alicyclic amines) is 1. The third-order valence-electron chi connectivity index (χ3n) is 6.45. The van der Waals surface area contributed by atoms with Crippen LogP contribution in [0.3, 0.4) is 0 Å². The fraction of sp³-hybridized carbons (Fsp3) is 0.500. The largest absolute Gasteiger partial charge is 0.381 e. The average Bonchev–Trinajstić information content (AvgIpc) is 3.32. The van der Waals surface area contributed by atoms with Gasteiger partial charge in [0.15, 0.2) is 5.82 Å². The maximum atomic E-state index is 13.1. The first-order chi connectivity index (χ1) is 15.3. The number of amides is 1. The zero-order chi connectivity index (χ0) is 21.0. The second-order valence-corrected chi connectivity index (χ2v) is 8.62. The van der Waals surface area contributed by atoms with Crippen molar-refractivity contribution in [1.29, 1.82) is 0 Å². The molecule has 1 amide bonds. The van der Waals surface area contributed by atoms with E-state index in [0.717, 1.165) is 87.4 Å². The number of hydrogen-bond donors (Lipinski definition) is 0. The molecule has 0 N–H and O–H groups in total. The molecule has 5 rings (SSSR count). The van der Waals surface area contributed by atoms with E-state index in [2.05, 4.69) is 15.1 Å². The minimum atomic E-state index is 0.0248. The number of para-hydroxylation sites is 1. The highest BCUT2D eigenvalue weighted by molar-refractivity contribution is 5.95. The molecule has 2 saturated heterocycles. The first-order valence-electron chi connectivity index (χ1n) is 11.3. The SMILES string of the molecule is O=C(c1ccc2ccccc2n1)N1CCCC(CCc2noc(C3CCOCC3)n2)C1. The topological polar surface area (TPSA) is 81.4 Å². The molecule has 3 aromatic rings. The molecule has 1 aromatic carbocycles. The minimum Gasteiger partial charge on any atom is -0.381 e. The summed E-state index contributed by atoms with van der Waals surface area (Å²) in [4.78, 5) is 24.2. The number of hydrogen-bond acceptors (Lipinski definition) is 6. The predicted molar refractivity (Wildman–Crippen MR) is 116 cm³/mol. The molecule has 162 valence electrons. The fourth-order valence-electron chi connectivity index (χ4n) is 4.64. The quantitative estimate of drug-likeness (QED) is 0.621. The Morgan fingerprint density at radius 3 is 2.84 bits per heavy atom. The Bertz CT molecular complexity index is 1040. The van der Waals surface area contributed by atoms with Crippen molar-refractivity contribution in [3.63, 3.8) is 0 Å². The summed E-state index contributed by atoms with van der Waals surface area (Å²) in [5, 5.41) is 5.24. The highest BCUT2D eigenvalue weighted by Gasteiger charge is 2.26. The second-order valence-electron chi connectivity index (χ2n) is 8.62. The van der Waals surface area contributed by atoms with Crippen LogP contribution in [-0.2, 0) is 11.2 Å². The third kappa shape index (κ3) is 4.61. The van der Waals surface area contributed by atoms with Gasteiger partial charge in [0.25, 0.3) is 5.91 Å². The van der Waals surface area contributed by atoms with Gasteiger partial charge >= 0.3 is 0 Å². The highest BCUT2D eigenvalue weighted by atomic mass is 16.5. The molecule has 1 unspecified atom stereocenters. The summed E-state index contributed by atoms with van der Waals surface area (Å²) in [5.74, 6) is 2.33. The molecule has 2 aromatic heterocycles. The van der Waals surface area contributed by atoms with Crippen LogP contribution in [0.5, 0.6) is 0 Å². The van der Waals surface area contributed by atoms with Gasteiger partial charge in [0.05, 0.1) is 5.52 Å². The number of pyridine rings is 1. The number of rotatable bonds is 5. The normalized spacial score (nSPS) is 20.3. The first kappa shape index (κ1) is 20.1. The zero-order valence-corrected chi connectivity index (χ0v) is 17.7. The Labute approximate surface area is 181 Å². The van der Waals surface area contributed by atoms with Crippen LogP contribution < -0.4 is 0 Å². The Morgan fingerprint density at radius 1 is 1.06 bits per heavy atom. The van der Waals surface area contributed by atoms with Gasteiger partial charge in [-0.05, 0) is 50.2 Å². The standard InChI is InChI=1S/C24H28N4O3/c29-24(21-9-8-18-5-1-2-6-20(18)25-21)28-13-3-4-17(16-28)7-10-22-26-23(31-27-22)19-11-14-30-15-12-19/h1-2,5-6,8-9,17,19H,3-4,7,10-16H2. The molecule has 0 spiro atoms. The number of piperidine rings is 1. The fourth-order valence-corrected chi connectivity index (χ4v) is 4.64. The van der Waals surface area contributed by atoms with Crippen molar-refractivity contribution in [2.45, 2.75) is 44.4 Å². The van der Waals surface area contributed by atoms with Gasteiger partial charge in [0.2, 0.25) is 5.89 Å². The van der Waals surface area contributed by atoms with Gasteiger partial charge in [0, 0.05) is 44.0 Å². The molecular weight excluding hydrogens is 392 g/mol. The Morgan fingerprint density at radius 2 is 1.94 bits per heavy atom. The van der Waals surface area contributed by atoms with Crippen LogP contribution in [-0.4, -0.2) is 52.2 Å². The number of aryl methyl sites for hydroxylation is 1. The third-order valence-corrected chi connectivity index (χ3v) is 6.45. The van der Waals surface area contributed by atoms with Gasteiger partial charge in [0.1, 0.15) is 5.69 Å². The van der Waals surface area contributed by atoms with Crippen LogP contribution in [0, 0.1) is 5.92 Å². The molecule has 1 atom stereocenters. The summed E-state index contributed by atoms with van der Waals surface area (Å²) in [5.41, 5.74) is 1.39. The lowest BCUT2D eigenvalue weighted by Gasteiger charge is -2.32. The van der Waals surface area contributed by atoms with Gasteiger partial charge in [-0.15, -0.1) is 0 Å². The monoisotopic (exact) mass is 420 g/mol. The number of aromatic nitrogens is 3. The molecule has 0 radical (unpaired) electrons. The molecule has 7 nitrogen and oxygen atoms in total. The Hall–Kier alpha value is -2.80. The van der Waals surface area contributed by atoms with Gasteiger partial charge in [-0.3, -0.25) is 4.79 Å². The Kier molecular flexibility index (Phi) is 5.93. The van der Waals surface area contributed by atoms with E-state index < -0.39 is 0 Å². The minimum absolute atomic E-state index is 0.0248. The Balaban J connectivity index is 1.18. The predicted octanol–water partition coefficient (Wildman–Crippen LogP) is 4.00. The van der Waals surface area contributed by atoms with Crippen molar-refractivity contribution in [3.8, 4) is 0 Å². The number of benzene rings is 1. The van der Waals surface area contributed by atoms with Crippen molar-refractivity contribution >= 4 is 16.8 Å². The van der Waals surface area contributed by atoms with Gasteiger partial charge in [-0.25, -0.2) is 4.98 Å². The van der Waals surface area contributed by atoms with Crippen molar-refractivity contribution in [2.24, 2.45) is 5.92 Å². The summed E-state index contributed by atoms with van der Waals surface area (Å²) in [6.45, 7) is 3.08. The van der Waals surface area contributed by atoms with E-state index in [4.69, 9.17) is 9.26 Å². The maximum Gasteiger partial charge on any atom is 0.272 e. The number of carbonyl (C=O) groups is 1. The molecule has 2 fully saturated rings. The van der Waals surface area contributed by atoms with Crippen LogP contribution >= 0.6 is 0 Å². The van der Waals surface area contributed by atoms with E-state index >= 15 is 0 Å². The molecule has 2 aliphatic heterocycles. The van der Waals surface area contributed by atoms with Gasteiger partial charge in [-0.2, -0.15) is 4.98 Å². The van der Waals surface area contributed by atoms with E-state index in [9.17, 15) is 4.79 Å². The molecular formula is C24H28N4O3. The number of nitrogens with zero attached hydrogens (tertiary/aromatic N) is 4. The molecule has 0 saturated carbocycles. The summed E-state index contributed by atoms with van der Waals surface area (Å²) in [6, 6.07) is 11.7. The van der Waals surface area contributed by atoms with Crippen LogP contribution in [0.15, 0.2) is 40.9 Å². The van der Waals surface area contributed by atoms with Crippen molar-refractivity contribution in [2.75, 3.05) is 26.3 Å². The van der Waals surface area contributed by atoms with Crippen molar-refractivity contribution in [1.82, 2.24) is 20.0 Å². The summed E-state index contributed by atoms with van der Waals surface area (Å²) < 4.78 is 10.9. The molecule has 0 bridgehead atoms. The summed E-state index contributed by atoms with van der Waals surface area (Å²) >= 11 is 0. The van der Waals surface area contributed by atoms with E-state index in [-0.39, 0.29) is 5.91 Å². The maximum absolute atomic E-state index is 13.1. The first-order valence-corrected chi connectivity index (χ1v) is 11.3. The second kappa shape index (κ2) is 9.14. The molecule has 0 aliphatic carbocycles. The van der Waals surface area contributed by atoms with E-state index in [1.807, 2.05) is 41.3 Å². The van der Waals surface area contributed by atoms with Gasteiger partial charge in [-0.1, -0.05) is 29.4 Å². The van der Waals surface area contributed by atoms with Crippen molar-refractivity contribution in [3.05, 3.63) is 53.8 Å². The summed E-state index contributed by atoms with van der Waals surface area (Å²) in [7, 11) is 0. The van der Waals surface area contributed by atoms with E-state index in [1.54, 1.807) is 0 Å². The number of fused-ring (bicyclic) bond motifs is 1.